The highest BCUT2D eigenvalue weighted by atomic mass is 15.2. The lowest BCUT2D eigenvalue weighted by Gasteiger charge is -2.30. The van der Waals surface area contributed by atoms with Gasteiger partial charge in [0.25, 0.3) is 0 Å². The fourth-order valence-electron chi connectivity index (χ4n) is 2.96. The van der Waals surface area contributed by atoms with E-state index >= 15 is 0 Å². The van der Waals surface area contributed by atoms with Gasteiger partial charge in [-0.15, -0.1) is 0 Å². The smallest absolute Gasteiger partial charge is 0.0539 e. The van der Waals surface area contributed by atoms with E-state index in [0.717, 1.165) is 28.2 Å². The lowest BCUT2D eigenvalue weighted by atomic mass is 9.99. The fourth-order valence-corrected chi connectivity index (χ4v) is 2.96. The molecule has 0 heterocycles. The highest BCUT2D eigenvalue weighted by Crippen LogP contribution is 2.34. The number of para-hydroxylation sites is 1. The van der Waals surface area contributed by atoms with Crippen molar-refractivity contribution in [1.29, 1.82) is 0 Å². The molecule has 2 rings (SSSR count). The SMILES string of the molecule is C=C/C=C(\C(=C/C=C)N(C(/C=C\C)=C/C=C)c1ccccc1)c1ccccc1. The molecular formula is C27H27N. The van der Waals surface area contributed by atoms with Crippen LogP contribution in [0, 0.1) is 0 Å². The van der Waals surface area contributed by atoms with E-state index in [1.807, 2.05) is 79.8 Å². The molecule has 0 unspecified atom stereocenters. The van der Waals surface area contributed by atoms with E-state index in [1.54, 1.807) is 6.08 Å². The van der Waals surface area contributed by atoms with Gasteiger partial charge in [-0.25, -0.2) is 0 Å². The summed E-state index contributed by atoms with van der Waals surface area (Å²) < 4.78 is 0. The maximum atomic E-state index is 3.95. The number of anilines is 1. The van der Waals surface area contributed by atoms with Crippen molar-refractivity contribution in [1.82, 2.24) is 0 Å². The Bertz CT molecular complexity index is 909. The quantitative estimate of drug-likeness (QED) is 0.416. The summed E-state index contributed by atoms with van der Waals surface area (Å²) >= 11 is 0. The molecule has 0 spiro atoms. The Morgan fingerprint density at radius 2 is 1.32 bits per heavy atom. The van der Waals surface area contributed by atoms with Crippen LogP contribution in [0.2, 0.25) is 0 Å². The Balaban J connectivity index is 2.78. The van der Waals surface area contributed by atoms with Gasteiger partial charge in [-0.3, -0.25) is 0 Å². The molecular weight excluding hydrogens is 338 g/mol. The van der Waals surface area contributed by atoms with E-state index in [2.05, 4.69) is 55.0 Å². The van der Waals surface area contributed by atoms with Gasteiger partial charge in [-0.05, 0) is 42.8 Å². The van der Waals surface area contributed by atoms with Crippen molar-refractivity contribution in [2.24, 2.45) is 0 Å². The Morgan fingerprint density at radius 3 is 1.86 bits per heavy atom. The van der Waals surface area contributed by atoms with Crippen molar-refractivity contribution < 1.29 is 0 Å². The Labute approximate surface area is 169 Å². The van der Waals surface area contributed by atoms with E-state index in [4.69, 9.17) is 0 Å². The Hall–Kier alpha value is -3.58. The summed E-state index contributed by atoms with van der Waals surface area (Å²) in [5.74, 6) is 0. The van der Waals surface area contributed by atoms with Crippen LogP contribution in [0.25, 0.3) is 5.57 Å². The van der Waals surface area contributed by atoms with Crippen LogP contribution >= 0.6 is 0 Å². The first-order chi connectivity index (χ1) is 13.8. The van der Waals surface area contributed by atoms with Crippen molar-refractivity contribution >= 4 is 11.3 Å². The molecule has 0 bridgehead atoms. The summed E-state index contributed by atoms with van der Waals surface area (Å²) in [4.78, 5) is 2.20. The normalized spacial score (nSPS) is 12.7. The van der Waals surface area contributed by atoms with Gasteiger partial charge in [0.2, 0.25) is 0 Å². The highest BCUT2D eigenvalue weighted by molar-refractivity contribution is 5.86. The second-order valence-electron chi connectivity index (χ2n) is 5.97. The van der Waals surface area contributed by atoms with Crippen molar-refractivity contribution in [3.05, 3.63) is 146 Å². The van der Waals surface area contributed by atoms with E-state index in [0.29, 0.717) is 0 Å². The number of nitrogens with zero attached hydrogens (tertiary/aromatic N) is 1. The van der Waals surface area contributed by atoms with Gasteiger partial charge in [0.15, 0.2) is 0 Å². The zero-order chi connectivity index (χ0) is 20.2. The van der Waals surface area contributed by atoms with Gasteiger partial charge < -0.3 is 4.90 Å². The third-order valence-corrected chi connectivity index (χ3v) is 4.06. The predicted octanol–water partition coefficient (Wildman–Crippen LogP) is 7.48. The predicted molar refractivity (Wildman–Crippen MR) is 125 cm³/mol. The molecule has 0 fully saturated rings. The molecule has 140 valence electrons. The van der Waals surface area contributed by atoms with Crippen LogP contribution in [-0.4, -0.2) is 0 Å². The minimum atomic E-state index is 0.999. The molecule has 0 aliphatic rings. The molecule has 2 aromatic rings. The molecule has 1 heteroatoms. The zero-order valence-electron chi connectivity index (χ0n) is 16.5. The van der Waals surface area contributed by atoms with Gasteiger partial charge >= 0.3 is 0 Å². The maximum Gasteiger partial charge on any atom is 0.0539 e. The van der Waals surface area contributed by atoms with E-state index in [9.17, 15) is 0 Å². The first-order valence-electron chi connectivity index (χ1n) is 9.28. The summed E-state index contributed by atoms with van der Waals surface area (Å²) in [5, 5.41) is 0. The fraction of sp³-hybridized carbons (Fsp3) is 0.0370. The second kappa shape index (κ2) is 11.2. The van der Waals surface area contributed by atoms with Crippen LogP contribution in [0.15, 0.2) is 140 Å². The molecule has 0 aliphatic heterocycles. The highest BCUT2D eigenvalue weighted by Gasteiger charge is 2.19. The van der Waals surface area contributed by atoms with Crippen LogP contribution in [0.3, 0.4) is 0 Å². The minimum absolute atomic E-state index is 0.999. The topological polar surface area (TPSA) is 3.24 Å². The first kappa shape index (κ1) is 20.7. The average Bonchev–Trinajstić information content (AvgIpc) is 2.73. The summed E-state index contributed by atoms with van der Waals surface area (Å²) in [6.45, 7) is 13.8. The molecule has 0 N–H and O–H groups in total. The molecule has 2 aromatic carbocycles. The standard InChI is InChI=1S/C27H27N/c1-5-15-24(16-6-2)28(25-21-13-10-14-22-25)27(18-8-4)26(17-7-3)23-19-11-9-12-20-23/h5-22H,1,3-4H2,2H3/b16-6-,24-15+,26-17-,27-18+. The van der Waals surface area contributed by atoms with Gasteiger partial charge in [0, 0.05) is 17.0 Å². The monoisotopic (exact) mass is 365 g/mol. The number of benzene rings is 2. The average molecular weight is 366 g/mol. The third-order valence-electron chi connectivity index (χ3n) is 4.06. The molecule has 0 amide bonds. The number of allylic oxidation sites excluding steroid dienone is 9. The van der Waals surface area contributed by atoms with Gasteiger partial charge in [-0.1, -0.05) is 98.6 Å². The van der Waals surface area contributed by atoms with Crippen molar-refractivity contribution in [3.8, 4) is 0 Å². The van der Waals surface area contributed by atoms with Gasteiger partial charge in [0.1, 0.15) is 0 Å². The van der Waals surface area contributed by atoms with E-state index in [1.165, 1.54) is 0 Å². The number of rotatable bonds is 9. The van der Waals surface area contributed by atoms with Crippen LogP contribution in [0.4, 0.5) is 5.69 Å². The van der Waals surface area contributed by atoms with Crippen LogP contribution < -0.4 is 4.90 Å². The van der Waals surface area contributed by atoms with Crippen molar-refractivity contribution in [3.63, 3.8) is 0 Å². The van der Waals surface area contributed by atoms with Gasteiger partial charge in [0.05, 0.1) is 5.70 Å². The molecule has 0 radical (unpaired) electrons. The first-order valence-corrected chi connectivity index (χ1v) is 9.28. The number of hydrogen-bond acceptors (Lipinski definition) is 1. The second-order valence-corrected chi connectivity index (χ2v) is 5.97. The summed E-state index contributed by atoms with van der Waals surface area (Å²) in [6, 6.07) is 20.6. The molecule has 0 aromatic heterocycles. The minimum Gasteiger partial charge on any atom is -0.310 e. The van der Waals surface area contributed by atoms with Crippen LogP contribution in [0.5, 0.6) is 0 Å². The molecule has 1 nitrogen and oxygen atoms in total. The maximum absolute atomic E-state index is 3.95. The third kappa shape index (κ3) is 5.21. The largest absolute Gasteiger partial charge is 0.310 e. The molecule has 0 saturated carbocycles. The van der Waals surface area contributed by atoms with Crippen LogP contribution in [0.1, 0.15) is 12.5 Å². The molecule has 0 aliphatic carbocycles. The lowest BCUT2D eigenvalue weighted by molar-refractivity contribution is 1.15. The van der Waals surface area contributed by atoms with E-state index < -0.39 is 0 Å². The lowest BCUT2D eigenvalue weighted by Crippen LogP contribution is -2.22. The van der Waals surface area contributed by atoms with Crippen molar-refractivity contribution in [2.45, 2.75) is 6.92 Å². The zero-order valence-corrected chi connectivity index (χ0v) is 16.5. The summed E-state index contributed by atoms with van der Waals surface area (Å²) in [7, 11) is 0. The number of hydrogen-bond donors (Lipinski definition) is 0. The molecule has 0 atom stereocenters. The van der Waals surface area contributed by atoms with Crippen LogP contribution in [-0.2, 0) is 0 Å². The summed E-state index contributed by atoms with van der Waals surface area (Å²) in [5.41, 5.74) is 5.21. The van der Waals surface area contributed by atoms with Gasteiger partial charge in [-0.2, -0.15) is 0 Å². The Kier molecular flexibility index (Phi) is 8.29. The van der Waals surface area contributed by atoms with Crippen molar-refractivity contribution in [2.75, 3.05) is 4.90 Å². The van der Waals surface area contributed by atoms with E-state index in [-0.39, 0.29) is 0 Å². The molecule has 28 heavy (non-hydrogen) atoms. The summed E-state index contributed by atoms with van der Waals surface area (Å²) in [6.07, 6.45) is 15.6. The Morgan fingerprint density at radius 1 is 0.750 bits per heavy atom. The molecule has 0 saturated heterocycles.